The van der Waals surface area contributed by atoms with Crippen LogP contribution in [-0.4, -0.2) is 89.7 Å². The first kappa shape index (κ1) is 55.3. The highest BCUT2D eigenvalue weighted by molar-refractivity contribution is 14.1. The van der Waals surface area contributed by atoms with Gasteiger partial charge in [0.05, 0.1) is 0 Å². The number of likely N-dealkylation sites (N-methyl/N-ethyl adjacent to an activating group) is 1. The molecule has 2 aromatic rings. The van der Waals surface area contributed by atoms with Crippen molar-refractivity contribution in [2.24, 2.45) is 5.92 Å². The summed E-state index contributed by atoms with van der Waals surface area (Å²) < 4.78 is 13.2. The highest BCUT2D eigenvalue weighted by Crippen LogP contribution is 2.32. The Kier molecular flexibility index (Phi) is 26.7. The number of rotatable bonds is 6. The molecule has 316 valence electrons. The van der Waals surface area contributed by atoms with E-state index in [1.165, 1.54) is 33.5 Å². The quantitative estimate of drug-likeness (QED) is 0.205. The average molecular weight is 1030 g/mol. The number of hydrogen-bond acceptors (Lipinski definition) is 9. The molecule has 2 amide bonds. The second-order valence-electron chi connectivity index (χ2n) is 15.2. The molecule has 14 heteroatoms. The van der Waals surface area contributed by atoms with Crippen molar-refractivity contribution in [1.29, 1.82) is 0 Å². The minimum absolute atomic E-state index is 0. The van der Waals surface area contributed by atoms with Crippen LogP contribution in [0.2, 0.25) is 0 Å². The summed E-state index contributed by atoms with van der Waals surface area (Å²) in [6.07, 6.45) is 5.21. The van der Waals surface area contributed by atoms with Crippen LogP contribution in [0.5, 0.6) is 0 Å². The van der Waals surface area contributed by atoms with Gasteiger partial charge in [-0.05, 0) is 150 Å². The van der Waals surface area contributed by atoms with Gasteiger partial charge >= 0.3 is 24.5 Å². The fraction of sp³-hybridized carbons (Fsp3) is 0.619. The van der Waals surface area contributed by atoms with Gasteiger partial charge in [-0.2, -0.15) is 19.2 Å². The van der Waals surface area contributed by atoms with Crippen LogP contribution in [0.3, 0.4) is 0 Å². The fourth-order valence-corrected chi connectivity index (χ4v) is 7.43. The lowest BCUT2D eigenvalue weighted by atomic mass is 9.92. The first-order valence-corrected chi connectivity index (χ1v) is 22.0. The summed E-state index contributed by atoms with van der Waals surface area (Å²) in [4.78, 5) is 64.9. The molecule has 2 unspecified atom stereocenters. The standard InChI is InChI=1S/C19H29BrN2O2.C19H28BrNO2.CH3I.2CO2.CH4/c1-7-14-10-15(20)11-17(13(14)2)21(6)16-8-9-22(12-16)18(23)24-19(3,4)5;1-6-15-10-17(20)11-16(13(15)2)9-14-7-8-21(12-14)18(22)23-19(3,4)5;1-2;2*2-1-3;/h10-11,16H,7-9,12H2,1-6H3;10-11,14H,6-9,12H2,1-5H3;1H3;;;1H4. The Balaban J connectivity index is 0. The van der Waals surface area contributed by atoms with E-state index in [0.29, 0.717) is 18.5 Å². The van der Waals surface area contributed by atoms with E-state index in [0.717, 1.165) is 60.7 Å². The van der Waals surface area contributed by atoms with E-state index in [-0.39, 0.29) is 31.9 Å². The number of anilines is 1. The molecule has 2 saturated heterocycles. The zero-order chi connectivity index (χ0) is 42.7. The first-order valence-electron chi connectivity index (χ1n) is 18.3. The Hall–Kier alpha value is -2.77. The van der Waals surface area contributed by atoms with Crippen molar-refractivity contribution >= 4 is 84.6 Å². The summed E-state index contributed by atoms with van der Waals surface area (Å²) in [5.74, 6) is 0.514. The Morgan fingerprint density at radius 2 is 1.14 bits per heavy atom. The second kappa shape index (κ2) is 27.0. The van der Waals surface area contributed by atoms with Crippen LogP contribution in [0.25, 0.3) is 0 Å². The molecule has 0 spiro atoms. The normalized spacial score (nSPS) is 15.6. The smallest absolute Gasteiger partial charge is 0.410 e. The molecule has 2 aliphatic heterocycles. The molecule has 0 aliphatic carbocycles. The van der Waals surface area contributed by atoms with Gasteiger partial charge in [-0.15, -0.1) is 0 Å². The molecular formula is C42H64Br2IN3O8. The Labute approximate surface area is 366 Å². The maximum absolute atomic E-state index is 12.3. The van der Waals surface area contributed by atoms with Crippen LogP contribution < -0.4 is 4.90 Å². The third-order valence-corrected chi connectivity index (χ3v) is 9.91. The van der Waals surface area contributed by atoms with E-state index in [2.05, 4.69) is 118 Å². The van der Waals surface area contributed by atoms with Gasteiger partial charge in [-0.3, -0.25) is 0 Å². The van der Waals surface area contributed by atoms with Crippen LogP contribution in [-0.2, 0) is 47.9 Å². The van der Waals surface area contributed by atoms with Crippen molar-refractivity contribution in [3.05, 3.63) is 61.0 Å². The van der Waals surface area contributed by atoms with Crippen molar-refractivity contribution in [2.45, 2.75) is 126 Å². The molecular weight excluding hydrogens is 961 g/mol. The van der Waals surface area contributed by atoms with Gasteiger partial charge in [0.2, 0.25) is 0 Å². The summed E-state index contributed by atoms with van der Waals surface area (Å²) in [7, 11) is 2.12. The molecule has 2 fully saturated rings. The topological polar surface area (TPSA) is 131 Å². The van der Waals surface area contributed by atoms with Crippen LogP contribution >= 0.6 is 54.5 Å². The molecule has 0 N–H and O–H groups in total. The SMILES string of the molecule is C.CCc1cc(Br)cc(CC2CCN(C(=O)OC(C)(C)C)C2)c1C.CCc1cc(Br)cc(N(C)C2CCN(C(=O)OC(C)(C)C)C2)c1C.CI.O=C=O.O=C=O. The predicted molar refractivity (Wildman–Crippen MR) is 237 cm³/mol. The number of ether oxygens (including phenoxy) is 2. The van der Waals surface area contributed by atoms with Crippen molar-refractivity contribution in [3.8, 4) is 0 Å². The van der Waals surface area contributed by atoms with E-state index >= 15 is 0 Å². The maximum Gasteiger partial charge on any atom is 0.410 e. The fourth-order valence-electron chi connectivity index (χ4n) is 6.38. The summed E-state index contributed by atoms with van der Waals surface area (Å²) in [6.45, 7) is 23.3. The number of benzene rings is 2. The van der Waals surface area contributed by atoms with Crippen LogP contribution in [0, 0.1) is 19.8 Å². The third-order valence-electron chi connectivity index (χ3n) is 8.99. The van der Waals surface area contributed by atoms with Gasteiger partial charge in [-0.1, -0.05) is 75.7 Å². The first-order chi connectivity index (χ1) is 25.6. The Bertz CT molecular complexity index is 1590. The number of carbonyl (C=O) groups is 2. The summed E-state index contributed by atoms with van der Waals surface area (Å²) in [6, 6.07) is 9.11. The van der Waals surface area contributed by atoms with E-state index in [9.17, 15) is 9.59 Å². The molecule has 11 nitrogen and oxygen atoms in total. The lowest BCUT2D eigenvalue weighted by Gasteiger charge is -2.30. The molecule has 4 rings (SSSR count). The number of hydrogen-bond donors (Lipinski definition) is 0. The third kappa shape index (κ3) is 19.6. The van der Waals surface area contributed by atoms with E-state index < -0.39 is 11.2 Å². The predicted octanol–water partition coefficient (Wildman–Crippen LogP) is 10.4. The molecule has 2 aromatic carbocycles. The molecule has 0 aromatic heterocycles. The minimum Gasteiger partial charge on any atom is -0.444 e. The van der Waals surface area contributed by atoms with E-state index in [4.69, 9.17) is 28.7 Å². The van der Waals surface area contributed by atoms with Gasteiger partial charge in [-0.25, -0.2) is 9.59 Å². The van der Waals surface area contributed by atoms with Crippen LogP contribution in [0.4, 0.5) is 15.3 Å². The molecule has 56 heavy (non-hydrogen) atoms. The molecule has 0 bridgehead atoms. The minimum atomic E-state index is -0.446. The zero-order valence-corrected chi connectivity index (χ0v) is 39.9. The number of halogens is 3. The maximum atomic E-state index is 12.3. The second-order valence-corrected chi connectivity index (χ2v) is 17.0. The highest BCUT2D eigenvalue weighted by Gasteiger charge is 2.33. The zero-order valence-electron chi connectivity index (χ0n) is 34.6. The van der Waals surface area contributed by atoms with Gasteiger partial charge in [0, 0.05) is 53.9 Å². The Morgan fingerprint density at radius 3 is 1.59 bits per heavy atom. The van der Waals surface area contributed by atoms with Crippen molar-refractivity contribution in [2.75, 3.05) is 43.1 Å². The lowest BCUT2D eigenvalue weighted by molar-refractivity contribution is -0.193. The van der Waals surface area contributed by atoms with Crippen molar-refractivity contribution < 1.29 is 38.2 Å². The van der Waals surface area contributed by atoms with Gasteiger partial charge in [0.15, 0.2) is 0 Å². The molecule has 2 heterocycles. The van der Waals surface area contributed by atoms with Gasteiger partial charge < -0.3 is 24.2 Å². The molecule has 0 radical (unpaired) electrons. The largest absolute Gasteiger partial charge is 0.444 e. The number of carbonyl (C=O) groups excluding carboxylic acids is 6. The number of amides is 2. The van der Waals surface area contributed by atoms with Crippen LogP contribution in [0.15, 0.2) is 33.2 Å². The monoisotopic (exact) mass is 1020 g/mol. The number of likely N-dealkylation sites (tertiary alicyclic amines) is 2. The summed E-state index contributed by atoms with van der Waals surface area (Å²) in [5.41, 5.74) is 7.23. The average Bonchev–Trinajstić information content (AvgIpc) is 3.78. The number of nitrogens with zero attached hydrogens (tertiary/aromatic N) is 3. The molecule has 2 aliphatic rings. The summed E-state index contributed by atoms with van der Waals surface area (Å²) >= 11 is 9.39. The van der Waals surface area contributed by atoms with Gasteiger partial charge in [0.1, 0.15) is 11.2 Å². The highest BCUT2D eigenvalue weighted by atomic mass is 127. The lowest BCUT2D eigenvalue weighted by Crippen LogP contribution is -2.39. The molecule has 0 saturated carbocycles. The van der Waals surface area contributed by atoms with Crippen LogP contribution in [0.1, 0.15) is 103 Å². The molecule has 2 atom stereocenters. The van der Waals surface area contributed by atoms with E-state index in [1.54, 1.807) is 0 Å². The Morgan fingerprint density at radius 1 is 0.750 bits per heavy atom. The number of alkyl halides is 1. The van der Waals surface area contributed by atoms with Crippen molar-refractivity contribution in [3.63, 3.8) is 0 Å². The van der Waals surface area contributed by atoms with Gasteiger partial charge in [0.25, 0.3) is 0 Å². The summed E-state index contributed by atoms with van der Waals surface area (Å²) in [5, 5.41) is 0. The van der Waals surface area contributed by atoms with E-state index in [1.807, 2.05) is 56.3 Å². The number of aryl methyl sites for hydroxylation is 2. The van der Waals surface area contributed by atoms with Crippen molar-refractivity contribution in [1.82, 2.24) is 9.80 Å².